The van der Waals surface area contributed by atoms with Crippen molar-refractivity contribution in [1.29, 1.82) is 0 Å². The number of hydrogen-bond acceptors (Lipinski definition) is 2. The van der Waals surface area contributed by atoms with E-state index < -0.39 is 0 Å². The number of hydrogen-bond donors (Lipinski definition) is 2. The summed E-state index contributed by atoms with van der Waals surface area (Å²) in [6.07, 6.45) is 0.984. The second kappa shape index (κ2) is 4.24. The molecule has 3 N–H and O–H groups in total. The van der Waals surface area contributed by atoms with Crippen LogP contribution >= 0.6 is 0 Å². The lowest BCUT2D eigenvalue weighted by molar-refractivity contribution is 0.568. The van der Waals surface area contributed by atoms with Crippen molar-refractivity contribution in [3.8, 4) is 0 Å². The van der Waals surface area contributed by atoms with E-state index in [9.17, 15) is 0 Å². The number of aryl methyl sites for hydroxylation is 1. The molecule has 2 heteroatoms. The fraction of sp³-hybridized carbons (Fsp3) is 0.400. The van der Waals surface area contributed by atoms with Crippen LogP contribution in [-0.2, 0) is 6.42 Å². The Balaban J connectivity index is 2.63. The Labute approximate surface area is 73.8 Å². The largest absolute Gasteiger partial charge is 0.271 e. The summed E-state index contributed by atoms with van der Waals surface area (Å²) in [6.45, 7) is 4.17. The van der Waals surface area contributed by atoms with Crippen LogP contribution in [-0.4, -0.2) is 6.04 Å². The maximum atomic E-state index is 5.31. The van der Waals surface area contributed by atoms with Gasteiger partial charge in [0.15, 0.2) is 0 Å². The molecule has 1 unspecified atom stereocenters. The van der Waals surface area contributed by atoms with Crippen LogP contribution in [0.4, 0.5) is 0 Å². The maximum absolute atomic E-state index is 5.31. The first-order valence-corrected chi connectivity index (χ1v) is 4.24. The van der Waals surface area contributed by atoms with E-state index in [-0.39, 0.29) is 0 Å². The summed E-state index contributed by atoms with van der Waals surface area (Å²) in [6, 6.07) is 8.83. The van der Waals surface area contributed by atoms with Gasteiger partial charge >= 0.3 is 0 Å². The second-order valence-electron chi connectivity index (χ2n) is 3.26. The quantitative estimate of drug-likeness (QED) is 0.523. The van der Waals surface area contributed by atoms with Crippen molar-refractivity contribution in [3.63, 3.8) is 0 Å². The van der Waals surface area contributed by atoms with Crippen molar-refractivity contribution >= 4 is 0 Å². The molecule has 1 aromatic rings. The molecule has 0 saturated heterocycles. The highest BCUT2D eigenvalue weighted by Gasteiger charge is 1.99. The Hall–Kier alpha value is -0.860. The van der Waals surface area contributed by atoms with Gasteiger partial charge in [0.2, 0.25) is 0 Å². The van der Waals surface area contributed by atoms with Gasteiger partial charge in [-0.15, -0.1) is 0 Å². The summed E-state index contributed by atoms with van der Waals surface area (Å²) in [4.78, 5) is 0. The molecular formula is C10H16N2. The Kier molecular flexibility index (Phi) is 3.26. The van der Waals surface area contributed by atoms with Gasteiger partial charge in [-0.1, -0.05) is 29.8 Å². The predicted octanol–water partition coefficient (Wildman–Crippen LogP) is 1.39. The van der Waals surface area contributed by atoms with Crippen LogP contribution in [0.2, 0.25) is 0 Å². The van der Waals surface area contributed by atoms with E-state index in [1.54, 1.807) is 0 Å². The van der Waals surface area contributed by atoms with Crippen molar-refractivity contribution in [2.24, 2.45) is 5.84 Å². The average molecular weight is 164 g/mol. The molecule has 0 aliphatic carbocycles. The van der Waals surface area contributed by atoms with Crippen LogP contribution < -0.4 is 11.3 Å². The monoisotopic (exact) mass is 164 g/mol. The number of nitrogens with two attached hydrogens (primary N) is 1. The highest BCUT2D eigenvalue weighted by molar-refractivity contribution is 5.22. The molecule has 0 radical (unpaired) electrons. The number of benzene rings is 1. The van der Waals surface area contributed by atoms with Gasteiger partial charge in [-0.05, 0) is 25.8 Å². The van der Waals surface area contributed by atoms with Crippen molar-refractivity contribution < 1.29 is 0 Å². The first-order valence-electron chi connectivity index (χ1n) is 4.24. The molecule has 0 aromatic heterocycles. The summed E-state index contributed by atoms with van der Waals surface area (Å²) in [5.74, 6) is 5.31. The molecule has 0 amide bonds. The van der Waals surface area contributed by atoms with E-state index in [1.807, 2.05) is 0 Å². The molecule has 0 aliphatic rings. The van der Waals surface area contributed by atoms with Crippen molar-refractivity contribution in [1.82, 2.24) is 5.43 Å². The molecule has 1 atom stereocenters. The highest BCUT2D eigenvalue weighted by atomic mass is 15.2. The average Bonchev–Trinajstić information content (AvgIpc) is 2.04. The smallest absolute Gasteiger partial charge is 0.0222 e. The predicted molar refractivity (Wildman–Crippen MR) is 51.7 cm³/mol. The van der Waals surface area contributed by atoms with Crippen LogP contribution in [0.15, 0.2) is 24.3 Å². The van der Waals surface area contributed by atoms with Gasteiger partial charge in [-0.3, -0.25) is 11.3 Å². The maximum Gasteiger partial charge on any atom is 0.0222 e. The van der Waals surface area contributed by atoms with Crippen LogP contribution in [0.25, 0.3) is 0 Å². The van der Waals surface area contributed by atoms with Gasteiger partial charge in [-0.2, -0.15) is 0 Å². The van der Waals surface area contributed by atoms with Crippen molar-refractivity contribution in [2.45, 2.75) is 26.3 Å². The topological polar surface area (TPSA) is 38.0 Å². The van der Waals surface area contributed by atoms with Crippen molar-refractivity contribution in [3.05, 3.63) is 35.4 Å². The molecule has 0 heterocycles. The molecule has 0 spiro atoms. The standard InChI is InChI=1S/C10H16N2/c1-8-4-3-5-10(6-8)7-9(2)12-11/h3-6,9,12H,7,11H2,1-2H3. The van der Waals surface area contributed by atoms with E-state index in [0.717, 1.165) is 6.42 Å². The Bertz CT molecular complexity index is 245. The first kappa shape index (κ1) is 9.23. The Morgan fingerprint density at radius 1 is 1.50 bits per heavy atom. The highest BCUT2D eigenvalue weighted by Crippen LogP contribution is 2.05. The summed E-state index contributed by atoms with van der Waals surface area (Å²) < 4.78 is 0. The summed E-state index contributed by atoms with van der Waals surface area (Å²) in [5, 5.41) is 0. The van der Waals surface area contributed by atoms with E-state index in [0.29, 0.717) is 6.04 Å². The Morgan fingerprint density at radius 3 is 2.83 bits per heavy atom. The van der Waals surface area contributed by atoms with Crippen LogP contribution in [0.1, 0.15) is 18.1 Å². The molecule has 2 nitrogen and oxygen atoms in total. The minimum atomic E-state index is 0.340. The third-order valence-corrected chi connectivity index (χ3v) is 1.91. The van der Waals surface area contributed by atoms with Crippen LogP contribution in [0.5, 0.6) is 0 Å². The van der Waals surface area contributed by atoms with Gasteiger partial charge in [0.1, 0.15) is 0 Å². The van der Waals surface area contributed by atoms with Crippen molar-refractivity contribution in [2.75, 3.05) is 0 Å². The molecule has 0 aliphatic heterocycles. The molecule has 0 saturated carbocycles. The molecule has 12 heavy (non-hydrogen) atoms. The molecule has 1 rings (SSSR count). The van der Waals surface area contributed by atoms with Crippen LogP contribution in [0.3, 0.4) is 0 Å². The number of rotatable bonds is 3. The summed E-state index contributed by atoms with van der Waals surface area (Å²) >= 11 is 0. The lowest BCUT2D eigenvalue weighted by atomic mass is 10.1. The summed E-state index contributed by atoms with van der Waals surface area (Å²) in [5.41, 5.74) is 5.37. The van der Waals surface area contributed by atoms with E-state index in [4.69, 9.17) is 5.84 Å². The minimum absolute atomic E-state index is 0.340. The Morgan fingerprint density at radius 2 is 2.25 bits per heavy atom. The zero-order chi connectivity index (χ0) is 8.97. The SMILES string of the molecule is Cc1cccc(CC(C)NN)c1. The zero-order valence-corrected chi connectivity index (χ0v) is 7.67. The third-order valence-electron chi connectivity index (χ3n) is 1.91. The zero-order valence-electron chi connectivity index (χ0n) is 7.67. The van der Waals surface area contributed by atoms with Gasteiger partial charge in [0.05, 0.1) is 0 Å². The lowest BCUT2D eigenvalue weighted by Crippen LogP contribution is -2.34. The molecular weight excluding hydrogens is 148 g/mol. The van der Waals surface area contributed by atoms with Crippen LogP contribution in [0, 0.1) is 6.92 Å². The minimum Gasteiger partial charge on any atom is -0.271 e. The first-order chi connectivity index (χ1) is 5.72. The molecule has 1 aromatic carbocycles. The molecule has 0 bridgehead atoms. The van der Waals surface area contributed by atoms with E-state index in [1.165, 1.54) is 11.1 Å². The summed E-state index contributed by atoms with van der Waals surface area (Å²) in [7, 11) is 0. The number of hydrazine groups is 1. The molecule has 0 fully saturated rings. The lowest BCUT2D eigenvalue weighted by Gasteiger charge is -2.09. The fourth-order valence-corrected chi connectivity index (χ4v) is 1.25. The second-order valence-corrected chi connectivity index (χ2v) is 3.26. The normalized spacial score (nSPS) is 12.9. The third kappa shape index (κ3) is 2.64. The van der Waals surface area contributed by atoms with E-state index in [2.05, 4.69) is 43.5 Å². The van der Waals surface area contributed by atoms with Gasteiger partial charge in [0.25, 0.3) is 0 Å². The number of nitrogens with one attached hydrogen (secondary N) is 1. The van der Waals surface area contributed by atoms with Gasteiger partial charge < -0.3 is 0 Å². The molecule has 66 valence electrons. The van der Waals surface area contributed by atoms with Gasteiger partial charge in [0, 0.05) is 6.04 Å². The van der Waals surface area contributed by atoms with E-state index >= 15 is 0 Å². The van der Waals surface area contributed by atoms with Gasteiger partial charge in [-0.25, -0.2) is 0 Å². The fourth-order valence-electron chi connectivity index (χ4n) is 1.25.